The summed E-state index contributed by atoms with van der Waals surface area (Å²) in [6.45, 7) is 4.45. The molecule has 2 aliphatic carbocycles. The average Bonchev–Trinajstić information content (AvgIpc) is 3.10. The highest BCUT2D eigenvalue weighted by molar-refractivity contribution is 5.68. The van der Waals surface area contributed by atoms with E-state index in [0.29, 0.717) is 0 Å². The molecule has 0 saturated heterocycles. The Hall–Kier alpha value is -2.08. The van der Waals surface area contributed by atoms with Crippen molar-refractivity contribution in [2.45, 2.75) is 39.5 Å². The lowest BCUT2D eigenvalue weighted by Crippen LogP contribution is -1.91. The molecule has 0 heterocycles. The number of hydrogen-bond acceptors (Lipinski definition) is 0. The van der Waals surface area contributed by atoms with Gasteiger partial charge in [-0.05, 0) is 72.9 Å². The molecule has 2 aromatic rings. The number of aryl methyl sites for hydroxylation is 2. The summed E-state index contributed by atoms with van der Waals surface area (Å²) >= 11 is 0. The Balaban J connectivity index is 1.45. The summed E-state index contributed by atoms with van der Waals surface area (Å²) in [5.41, 5.74) is 12.0. The second-order valence-electron chi connectivity index (χ2n) is 6.75. The molecule has 0 saturated carbocycles. The summed E-state index contributed by atoms with van der Waals surface area (Å²) in [4.78, 5) is 0. The van der Waals surface area contributed by atoms with Crippen molar-refractivity contribution in [2.75, 3.05) is 0 Å². The van der Waals surface area contributed by atoms with Gasteiger partial charge in [0.2, 0.25) is 0 Å². The first-order chi connectivity index (χ1) is 10.7. The van der Waals surface area contributed by atoms with Gasteiger partial charge in [0.15, 0.2) is 0 Å². The third kappa shape index (κ3) is 2.33. The molecule has 0 nitrogen and oxygen atoms in total. The van der Waals surface area contributed by atoms with Gasteiger partial charge in [-0.3, -0.25) is 0 Å². The zero-order valence-corrected chi connectivity index (χ0v) is 13.4. The van der Waals surface area contributed by atoms with Gasteiger partial charge in [0.05, 0.1) is 0 Å². The Kier molecular flexibility index (Phi) is 3.26. The zero-order valence-electron chi connectivity index (χ0n) is 13.4. The van der Waals surface area contributed by atoms with E-state index in [9.17, 15) is 0 Å². The number of benzene rings is 2. The van der Waals surface area contributed by atoms with E-state index in [-0.39, 0.29) is 0 Å². The minimum Gasteiger partial charge on any atom is -0.0649 e. The van der Waals surface area contributed by atoms with Gasteiger partial charge >= 0.3 is 0 Å². The van der Waals surface area contributed by atoms with Crippen molar-refractivity contribution >= 4 is 12.2 Å². The lowest BCUT2D eigenvalue weighted by atomic mass is 10.00. The Labute approximate surface area is 133 Å². The molecule has 2 aliphatic rings. The minimum atomic E-state index is 1.15. The predicted octanol–water partition coefficient (Wildman–Crippen LogP) is 5.66. The van der Waals surface area contributed by atoms with Crippen molar-refractivity contribution in [1.29, 1.82) is 0 Å². The monoisotopic (exact) mass is 286 g/mol. The van der Waals surface area contributed by atoms with Crippen LogP contribution >= 0.6 is 0 Å². The molecule has 2 aromatic carbocycles. The molecule has 0 atom stereocenters. The van der Waals surface area contributed by atoms with Crippen molar-refractivity contribution in [3.8, 4) is 0 Å². The van der Waals surface area contributed by atoms with E-state index in [4.69, 9.17) is 0 Å². The second-order valence-corrected chi connectivity index (χ2v) is 6.75. The van der Waals surface area contributed by atoms with E-state index in [0.717, 1.165) is 12.8 Å². The van der Waals surface area contributed by atoms with Crippen molar-refractivity contribution in [1.82, 2.24) is 0 Å². The summed E-state index contributed by atoms with van der Waals surface area (Å²) in [6, 6.07) is 13.3. The summed E-state index contributed by atoms with van der Waals surface area (Å²) in [6.07, 6.45) is 9.55. The van der Waals surface area contributed by atoms with Gasteiger partial charge in [-0.25, -0.2) is 0 Å². The molecule has 0 unspecified atom stereocenters. The van der Waals surface area contributed by atoms with Crippen LogP contribution in [0.4, 0.5) is 0 Å². The fraction of sp³-hybridized carbons (Fsp3) is 0.273. The third-order valence-corrected chi connectivity index (χ3v) is 5.16. The van der Waals surface area contributed by atoms with Crippen LogP contribution in [0.25, 0.3) is 12.2 Å². The predicted molar refractivity (Wildman–Crippen MR) is 95.0 cm³/mol. The van der Waals surface area contributed by atoms with Crippen molar-refractivity contribution in [3.05, 3.63) is 80.9 Å². The van der Waals surface area contributed by atoms with Crippen LogP contribution in [0, 0.1) is 13.8 Å². The molecule has 0 heteroatoms. The first-order valence-electron chi connectivity index (χ1n) is 8.26. The fourth-order valence-electron chi connectivity index (χ4n) is 3.84. The lowest BCUT2D eigenvalue weighted by Gasteiger charge is -2.05. The largest absolute Gasteiger partial charge is 0.0649 e. The van der Waals surface area contributed by atoms with Crippen LogP contribution in [0.2, 0.25) is 0 Å². The second kappa shape index (κ2) is 5.28. The maximum Gasteiger partial charge on any atom is -0.00551 e. The number of allylic oxidation sites excluding steroid dienone is 2. The molecule has 22 heavy (non-hydrogen) atoms. The Morgan fingerprint density at radius 1 is 0.773 bits per heavy atom. The van der Waals surface area contributed by atoms with Crippen LogP contribution in [0.1, 0.15) is 46.2 Å². The molecule has 0 radical (unpaired) electrons. The highest BCUT2D eigenvalue weighted by atomic mass is 14.2. The number of hydrogen-bond donors (Lipinski definition) is 0. The van der Waals surface area contributed by atoms with Crippen molar-refractivity contribution in [2.24, 2.45) is 0 Å². The molecule has 0 fully saturated rings. The SMILES string of the molecule is Cc1cccc2c1C=C(CCC1=Cc3cccc(C)c3C1)C2. The lowest BCUT2D eigenvalue weighted by molar-refractivity contribution is 0.885. The Morgan fingerprint density at radius 3 is 2.27 bits per heavy atom. The van der Waals surface area contributed by atoms with Crippen molar-refractivity contribution < 1.29 is 0 Å². The Morgan fingerprint density at radius 2 is 1.50 bits per heavy atom. The quantitative estimate of drug-likeness (QED) is 0.682. The van der Waals surface area contributed by atoms with E-state index >= 15 is 0 Å². The molecule has 0 aliphatic heterocycles. The summed E-state index contributed by atoms with van der Waals surface area (Å²) < 4.78 is 0. The Bertz CT molecular complexity index is 803. The maximum atomic E-state index is 2.43. The maximum absolute atomic E-state index is 2.43. The van der Waals surface area contributed by atoms with Gasteiger partial charge < -0.3 is 0 Å². The molecular formula is C22H22. The topological polar surface area (TPSA) is 0 Å². The first kappa shape index (κ1) is 13.6. The van der Waals surface area contributed by atoms with Crippen LogP contribution in [-0.4, -0.2) is 0 Å². The van der Waals surface area contributed by atoms with E-state index in [1.807, 2.05) is 0 Å². The summed E-state index contributed by atoms with van der Waals surface area (Å²) in [5.74, 6) is 0. The van der Waals surface area contributed by atoms with E-state index in [1.54, 1.807) is 11.1 Å². The van der Waals surface area contributed by atoms with Crippen LogP contribution in [0.15, 0.2) is 47.5 Å². The molecule has 4 rings (SSSR count). The molecule has 0 bridgehead atoms. The highest BCUT2D eigenvalue weighted by Gasteiger charge is 2.17. The smallest absolute Gasteiger partial charge is 0.00551 e. The average molecular weight is 286 g/mol. The molecule has 0 spiro atoms. The highest BCUT2D eigenvalue weighted by Crippen LogP contribution is 2.34. The molecule has 0 amide bonds. The van der Waals surface area contributed by atoms with Crippen LogP contribution in [0.5, 0.6) is 0 Å². The van der Waals surface area contributed by atoms with Gasteiger partial charge in [0.25, 0.3) is 0 Å². The molecule has 0 N–H and O–H groups in total. The number of fused-ring (bicyclic) bond motifs is 2. The third-order valence-electron chi connectivity index (χ3n) is 5.16. The van der Waals surface area contributed by atoms with Gasteiger partial charge in [0, 0.05) is 0 Å². The van der Waals surface area contributed by atoms with E-state index < -0.39 is 0 Å². The molecule has 110 valence electrons. The van der Waals surface area contributed by atoms with Crippen LogP contribution in [-0.2, 0) is 12.8 Å². The van der Waals surface area contributed by atoms with Gasteiger partial charge in [-0.1, -0.05) is 59.7 Å². The van der Waals surface area contributed by atoms with Crippen LogP contribution in [0.3, 0.4) is 0 Å². The summed E-state index contributed by atoms with van der Waals surface area (Å²) in [7, 11) is 0. The van der Waals surface area contributed by atoms with E-state index in [2.05, 4.69) is 62.4 Å². The summed E-state index contributed by atoms with van der Waals surface area (Å²) in [5, 5.41) is 0. The zero-order chi connectivity index (χ0) is 15.1. The fourth-order valence-corrected chi connectivity index (χ4v) is 3.84. The number of rotatable bonds is 3. The van der Waals surface area contributed by atoms with Crippen molar-refractivity contribution in [3.63, 3.8) is 0 Å². The van der Waals surface area contributed by atoms with E-state index in [1.165, 1.54) is 46.2 Å². The minimum absolute atomic E-state index is 1.15. The van der Waals surface area contributed by atoms with Gasteiger partial charge in [0.1, 0.15) is 0 Å². The standard InChI is InChI=1S/C22H22/c1-15-5-3-7-19-11-17(13-21(15)19)9-10-18-12-20-8-4-6-16(2)22(20)14-18/h3-8,11,14H,9-10,12-13H2,1-2H3. The normalized spacial score (nSPS) is 15.4. The van der Waals surface area contributed by atoms with Gasteiger partial charge in [-0.2, -0.15) is 0 Å². The molecule has 0 aromatic heterocycles. The van der Waals surface area contributed by atoms with Gasteiger partial charge in [-0.15, -0.1) is 0 Å². The van der Waals surface area contributed by atoms with Crippen LogP contribution < -0.4 is 0 Å². The first-order valence-corrected chi connectivity index (χ1v) is 8.26. The molecular weight excluding hydrogens is 264 g/mol.